The Hall–Kier alpha value is -1.63. The van der Waals surface area contributed by atoms with Crippen LogP contribution in [0, 0.1) is 6.07 Å². The molecule has 7 heteroatoms. The van der Waals surface area contributed by atoms with E-state index in [4.69, 9.17) is 4.74 Å². The van der Waals surface area contributed by atoms with Crippen LogP contribution in [0.3, 0.4) is 0 Å². The summed E-state index contributed by atoms with van der Waals surface area (Å²) in [5.41, 5.74) is 0.0297. The van der Waals surface area contributed by atoms with Gasteiger partial charge < -0.3 is 4.74 Å². The highest BCUT2D eigenvalue weighted by Gasteiger charge is 2.17. The number of hydrogen-bond acceptors (Lipinski definition) is 5. The molecule has 0 bridgehead atoms. The van der Waals surface area contributed by atoms with Crippen molar-refractivity contribution in [3.63, 3.8) is 0 Å². The van der Waals surface area contributed by atoms with Crippen molar-refractivity contribution in [2.75, 3.05) is 12.9 Å². The first-order chi connectivity index (χ1) is 7.50. The summed E-state index contributed by atoms with van der Waals surface area (Å²) >= 11 is 0. The third kappa shape index (κ3) is 2.93. The SMILES string of the molecule is CCS(=O)(=O)NC(=O)c1c[c]cnc1OC. The Morgan fingerprint density at radius 1 is 1.62 bits per heavy atom. The van der Waals surface area contributed by atoms with Crippen molar-refractivity contribution in [1.29, 1.82) is 0 Å². The monoisotopic (exact) mass is 243 g/mol. The maximum absolute atomic E-state index is 11.6. The van der Waals surface area contributed by atoms with Crippen LogP contribution in [0.4, 0.5) is 0 Å². The van der Waals surface area contributed by atoms with Crippen molar-refractivity contribution in [3.8, 4) is 5.88 Å². The van der Waals surface area contributed by atoms with E-state index in [1.807, 2.05) is 4.72 Å². The Bertz CT molecular complexity index is 484. The van der Waals surface area contributed by atoms with Crippen LogP contribution in [0.15, 0.2) is 12.3 Å². The van der Waals surface area contributed by atoms with Crippen molar-refractivity contribution in [2.45, 2.75) is 6.92 Å². The van der Waals surface area contributed by atoms with Crippen molar-refractivity contribution in [3.05, 3.63) is 23.9 Å². The van der Waals surface area contributed by atoms with Gasteiger partial charge in [0, 0.05) is 12.3 Å². The molecule has 6 nitrogen and oxygen atoms in total. The molecular weight excluding hydrogens is 232 g/mol. The smallest absolute Gasteiger partial charge is 0.270 e. The molecule has 1 aromatic heterocycles. The first kappa shape index (κ1) is 12.4. The zero-order chi connectivity index (χ0) is 12.2. The van der Waals surface area contributed by atoms with Crippen molar-refractivity contribution < 1.29 is 17.9 Å². The van der Waals surface area contributed by atoms with Gasteiger partial charge in [-0.3, -0.25) is 4.79 Å². The van der Waals surface area contributed by atoms with Gasteiger partial charge in [-0.2, -0.15) is 0 Å². The fraction of sp³-hybridized carbons (Fsp3) is 0.333. The molecule has 1 N–H and O–H groups in total. The van der Waals surface area contributed by atoms with E-state index in [2.05, 4.69) is 11.1 Å². The number of methoxy groups -OCH3 is 1. The van der Waals surface area contributed by atoms with Gasteiger partial charge in [0.2, 0.25) is 15.9 Å². The van der Waals surface area contributed by atoms with Crippen LogP contribution in [0.25, 0.3) is 0 Å². The number of carbonyl (C=O) groups is 1. The molecular formula is C9H11N2O4S. The van der Waals surface area contributed by atoms with Gasteiger partial charge in [0.05, 0.1) is 12.9 Å². The van der Waals surface area contributed by atoms with E-state index in [0.717, 1.165) is 0 Å². The first-order valence-corrected chi connectivity index (χ1v) is 6.10. The fourth-order valence-corrected chi connectivity index (χ4v) is 1.48. The summed E-state index contributed by atoms with van der Waals surface area (Å²) in [6, 6.07) is 3.89. The highest BCUT2D eigenvalue weighted by Crippen LogP contribution is 2.12. The highest BCUT2D eigenvalue weighted by molar-refractivity contribution is 7.90. The van der Waals surface area contributed by atoms with E-state index in [9.17, 15) is 13.2 Å². The van der Waals surface area contributed by atoms with E-state index < -0.39 is 15.9 Å². The Morgan fingerprint density at radius 3 is 2.88 bits per heavy atom. The first-order valence-electron chi connectivity index (χ1n) is 4.45. The van der Waals surface area contributed by atoms with Crippen LogP contribution in [0.1, 0.15) is 17.3 Å². The molecule has 0 unspecified atom stereocenters. The number of carbonyl (C=O) groups excluding carboxylic acids is 1. The normalized spacial score (nSPS) is 10.9. The molecule has 0 aliphatic rings. The Labute approximate surface area is 93.7 Å². The van der Waals surface area contributed by atoms with E-state index >= 15 is 0 Å². The van der Waals surface area contributed by atoms with Gasteiger partial charge in [-0.25, -0.2) is 18.1 Å². The molecule has 16 heavy (non-hydrogen) atoms. The van der Waals surface area contributed by atoms with Gasteiger partial charge >= 0.3 is 0 Å². The minimum atomic E-state index is -3.59. The number of amides is 1. The average molecular weight is 243 g/mol. The number of hydrogen-bond donors (Lipinski definition) is 1. The molecule has 0 aliphatic heterocycles. The summed E-state index contributed by atoms with van der Waals surface area (Å²) in [5.74, 6) is -0.893. The molecule has 1 heterocycles. The van der Waals surface area contributed by atoms with Crippen LogP contribution >= 0.6 is 0 Å². The van der Waals surface area contributed by atoms with Crippen LogP contribution in [0.5, 0.6) is 5.88 Å². The molecule has 0 aromatic carbocycles. The van der Waals surface area contributed by atoms with Gasteiger partial charge in [0.15, 0.2) is 0 Å². The van der Waals surface area contributed by atoms with E-state index in [-0.39, 0.29) is 17.2 Å². The quantitative estimate of drug-likeness (QED) is 0.802. The van der Waals surface area contributed by atoms with E-state index in [0.29, 0.717) is 0 Å². The third-order valence-electron chi connectivity index (χ3n) is 1.78. The standard InChI is InChI=1S/C9H11N2O4S/c1-3-16(13,14)11-8(12)7-5-4-6-10-9(7)15-2/h5-6H,3H2,1-2H3,(H,11,12). The fourth-order valence-electron chi connectivity index (χ4n) is 0.941. The zero-order valence-electron chi connectivity index (χ0n) is 8.85. The topological polar surface area (TPSA) is 85.4 Å². The molecule has 0 atom stereocenters. The lowest BCUT2D eigenvalue weighted by atomic mass is 10.2. The predicted octanol–water partition coefficient (Wildman–Crippen LogP) is -0.0301. The third-order valence-corrected chi connectivity index (χ3v) is 3.04. The molecule has 1 amide bonds. The lowest BCUT2D eigenvalue weighted by Crippen LogP contribution is -2.32. The van der Waals surface area contributed by atoms with Gasteiger partial charge in [-0.05, 0) is 13.0 Å². The Morgan fingerprint density at radius 2 is 2.31 bits per heavy atom. The average Bonchev–Trinajstić information content (AvgIpc) is 2.28. The molecule has 0 spiro atoms. The van der Waals surface area contributed by atoms with Crippen molar-refractivity contribution in [1.82, 2.24) is 9.71 Å². The number of ether oxygens (including phenoxy) is 1. The second-order valence-electron chi connectivity index (χ2n) is 2.83. The van der Waals surface area contributed by atoms with Crippen molar-refractivity contribution >= 4 is 15.9 Å². The molecule has 0 fully saturated rings. The van der Waals surface area contributed by atoms with Crippen LogP contribution in [-0.4, -0.2) is 32.2 Å². The Kier molecular flexibility index (Phi) is 3.83. The molecule has 0 aliphatic carbocycles. The molecule has 1 rings (SSSR count). The summed E-state index contributed by atoms with van der Waals surface area (Å²) < 4.78 is 29.1. The predicted molar refractivity (Wildman–Crippen MR) is 56.6 cm³/mol. The van der Waals surface area contributed by atoms with E-state index in [1.54, 1.807) is 0 Å². The molecule has 87 valence electrons. The molecule has 0 saturated heterocycles. The molecule has 1 radical (unpaired) electrons. The summed E-state index contributed by atoms with van der Waals surface area (Å²) in [5, 5.41) is 0. The minimum Gasteiger partial charge on any atom is -0.480 e. The Balaban J connectivity index is 2.97. The lowest BCUT2D eigenvalue weighted by molar-refractivity contribution is 0.0977. The summed E-state index contributed by atoms with van der Waals surface area (Å²) in [4.78, 5) is 15.3. The van der Waals surface area contributed by atoms with Crippen molar-refractivity contribution in [2.24, 2.45) is 0 Å². The second kappa shape index (κ2) is 4.93. The number of nitrogens with zero attached hydrogens (tertiary/aromatic N) is 1. The van der Waals surface area contributed by atoms with E-state index in [1.165, 1.54) is 26.3 Å². The second-order valence-corrected chi connectivity index (χ2v) is 4.84. The number of aromatic nitrogens is 1. The maximum Gasteiger partial charge on any atom is 0.270 e. The zero-order valence-corrected chi connectivity index (χ0v) is 9.67. The molecule has 0 saturated carbocycles. The van der Waals surface area contributed by atoms with Gasteiger partial charge in [0.1, 0.15) is 5.56 Å². The number of pyridine rings is 1. The van der Waals surface area contributed by atoms with Gasteiger partial charge in [-0.15, -0.1) is 0 Å². The van der Waals surface area contributed by atoms with Gasteiger partial charge in [0.25, 0.3) is 5.91 Å². The van der Waals surface area contributed by atoms with Crippen LogP contribution in [-0.2, 0) is 10.0 Å². The summed E-state index contributed by atoms with van der Waals surface area (Å²) in [7, 11) is -2.25. The lowest BCUT2D eigenvalue weighted by Gasteiger charge is -2.07. The number of rotatable bonds is 4. The summed E-state index contributed by atoms with van der Waals surface area (Å²) in [6.45, 7) is 1.43. The molecule has 1 aromatic rings. The largest absolute Gasteiger partial charge is 0.480 e. The number of sulfonamides is 1. The minimum absolute atomic E-state index is 0.0297. The highest BCUT2D eigenvalue weighted by atomic mass is 32.2. The summed E-state index contributed by atoms with van der Waals surface area (Å²) in [6.07, 6.45) is 1.32. The van der Waals surface area contributed by atoms with Gasteiger partial charge in [-0.1, -0.05) is 0 Å². The van der Waals surface area contributed by atoms with Crippen LogP contribution < -0.4 is 9.46 Å². The number of nitrogens with one attached hydrogen (secondary N) is 1. The maximum atomic E-state index is 11.6. The van der Waals surface area contributed by atoms with Crippen LogP contribution in [0.2, 0.25) is 0 Å².